The number of aromatic nitrogens is 2. The first-order valence-corrected chi connectivity index (χ1v) is 8.61. The molecule has 2 aromatic heterocycles. The van der Waals surface area contributed by atoms with Crippen molar-refractivity contribution in [3.63, 3.8) is 0 Å². The zero-order valence-corrected chi connectivity index (χ0v) is 14.4. The van der Waals surface area contributed by atoms with E-state index in [0.717, 1.165) is 21.2 Å². The molecular formula is C19H17N3OS. The summed E-state index contributed by atoms with van der Waals surface area (Å²) in [5.41, 5.74) is 1.90. The Morgan fingerprint density at radius 1 is 1.17 bits per heavy atom. The van der Waals surface area contributed by atoms with Gasteiger partial charge in [0.25, 0.3) is 5.56 Å². The second-order valence-electron chi connectivity index (χ2n) is 5.93. The second kappa shape index (κ2) is 5.76. The zero-order valence-electron chi connectivity index (χ0n) is 13.6. The Hall–Kier alpha value is -2.66. The third-order valence-corrected chi connectivity index (χ3v) is 5.01. The monoisotopic (exact) mass is 335 g/mol. The van der Waals surface area contributed by atoms with E-state index in [9.17, 15) is 4.79 Å². The van der Waals surface area contributed by atoms with E-state index in [1.165, 1.54) is 22.1 Å². The summed E-state index contributed by atoms with van der Waals surface area (Å²) in [7, 11) is 2.03. The first-order chi connectivity index (χ1) is 11.6. The third kappa shape index (κ3) is 2.57. The lowest BCUT2D eigenvalue weighted by atomic mass is 10.1. The summed E-state index contributed by atoms with van der Waals surface area (Å²) in [4.78, 5) is 20.9. The van der Waals surface area contributed by atoms with Gasteiger partial charge >= 0.3 is 0 Å². The average Bonchev–Trinajstić information content (AvgIpc) is 2.95. The molecule has 5 heteroatoms. The fraction of sp³-hybridized carbons (Fsp3) is 0.158. The van der Waals surface area contributed by atoms with Gasteiger partial charge in [-0.25, -0.2) is 4.98 Å². The van der Waals surface area contributed by atoms with Crippen LogP contribution in [0.15, 0.2) is 59.5 Å². The van der Waals surface area contributed by atoms with E-state index < -0.39 is 0 Å². The molecule has 0 saturated carbocycles. The third-order valence-electron chi connectivity index (χ3n) is 4.11. The van der Waals surface area contributed by atoms with Gasteiger partial charge in [0.2, 0.25) is 0 Å². The fourth-order valence-corrected chi connectivity index (χ4v) is 3.86. The molecule has 0 aliphatic rings. The molecule has 2 aromatic carbocycles. The molecule has 0 spiro atoms. The van der Waals surface area contributed by atoms with Crippen LogP contribution in [0.3, 0.4) is 0 Å². The summed E-state index contributed by atoms with van der Waals surface area (Å²) >= 11 is 1.54. The zero-order chi connectivity index (χ0) is 16.7. The maximum atomic E-state index is 12.3. The maximum absolute atomic E-state index is 12.3. The lowest BCUT2D eigenvalue weighted by Crippen LogP contribution is -2.21. The van der Waals surface area contributed by atoms with Gasteiger partial charge in [0, 0.05) is 35.3 Å². The first kappa shape index (κ1) is 14.9. The van der Waals surface area contributed by atoms with Crippen molar-refractivity contribution in [3.05, 3.63) is 75.7 Å². The Kier molecular flexibility index (Phi) is 3.58. The average molecular weight is 335 g/mol. The summed E-state index contributed by atoms with van der Waals surface area (Å²) < 4.78 is 1.61. The summed E-state index contributed by atoms with van der Waals surface area (Å²) in [6, 6.07) is 16.2. The molecule has 0 unspecified atom stereocenters. The van der Waals surface area contributed by atoms with Crippen LogP contribution >= 0.6 is 11.3 Å². The van der Waals surface area contributed by atoms with Crippen LogP contribution in [0.25, 0.3) is 15.7 Å². The van der Waals surface area contributed by atoms with E-state index in [-0.39, 0.29) is 5.56 Å². The normalized spacial score (nSPS) is 11.2. The molecule has 0 fully saturated rings. The molecule has 120 valence electrons. The maximum Gasteiger partial charge on any atom is 0.258 e. The van der Waals surface area contributed by atoms with Gasteiger partial charge in [0.1, 0.15) is 0 Å². The Balaban J connectivity index is 1.73. The summed E-state index contributed by atoms with van der Waals surface area (Å²) in [5, 5.41) is 2.41. The highest BCUT2D eigenvalue weighted by Gasteiger charge is 2.10. The minimum atomic E-state index is -0.0225. The van der Waals surface area contributed by atoms with Gasteiger partial charge in [-0.05, 0) is 18.4 Å². The van der Waals surface area contributed by atoms with Gasteiger partial charge in [-0.2, -0.15) is 0 Å². The van der Waals surface area contributed by atoms with E-state index >= 15 is 0 Å². The van der Waals surface area contributed by atoms with Gasteiger partial charge in [-0.1, -0.05) is 36.4 Å². The predicted octanol–water partition coefficient (Wildman–Crippen LogP) is 3.85. The Labute approximate surface area is 143 Å². The van der Waals surface area contributed by atoms with E-state index in [1.807, 2.05) is 32.3 Å². The van der Waals surface area contributed by atoms with Crippen LogP contribution in [0.2, 0.25) is 0 Å². The quantitative estimate of drug-likeness (QED) is 0.571. The van der Waals surface area contributed by atoms with Crippen LogP contribution in [-0.4, -0.2) is 16.4 Å². The molecule has 4 aromatic rings. The second-order valence-corrected chi connectivity index (χ2v) is 7.15. The van der Waals surface area contributed by atoms with Crippen molar-refractivity contribution < 1.29 is 0 Å². The Morgan fingerprint density at radius 3 is 2.83 bits per heavy atom. The lowest BCUT2D eigenvalue weighted by molar-refractivity contribution is 0.878. The number of anilines is 1. The van der Waals surface area contributed by atoms with Crippen LogP contribution in [-0.2, 0) is 6.54 Å². The molecular weight excluding hydrogens is 318 g/mol. The van der Waals surface area contributed by atoms with Crippen LogP contribution < -0.4 is 10.5 Å². The molecule has 0 aliphatic heterocycles. The number of nitrogens with zero attached hydrogens (tertiary/aromatic N) is 3. The SMILES string of the molecule is Cc1cn2c(=O)cc(CN(C)c3cccc4ccccc34)nc2s1. The van der Waals surface area contributed by atoms with Gasteiger partial charge < -0.3 is 4.90 Å². The smallest absolute Gasteiger partial charge is 0.258 e. The number of benzene rings is 2. The number of hydrogen-bond donors (Lipinski definition) is 0. The molecule has 4 rings (SSSR count). The van der Waals surface area contributed by atoms with Gasteiger partial charge in [-0.15, -0.1) is 11.3 Å². The van der Waals surface area contributed by atoms with E-state index in [2.05, 4.69) is 40.2 Å². The minimum Gasteiger partial charge on any atom is -0.368 e. The van der Waals surface area contributed by atoms with Crippen molar-refractivity contribution in [1.29, 1.82) is 0 Å². The molecule has 0 N–H and O–H groups in total. The molecule has 0 saturated heterocycles. The van der Waals surface area contributed by atoms with Gasteiger partial charge in [0.05, 0.1) is 12.2 Å². The summed E-state index contributed by atoms with van der Waals surface area (Å²) in [6.07, 6.45) is 1.84. The molecule has 0 aliphatic carbocycles. The summed E-state index contributed by atoms with van der Waals surface area (Å²) in [6.45, 7) is 2.58. The molecule has 4 nitrogen and oxygen atoms in total. The van der Waals surface area contributed by atoms with Crippen molar-refractivity contribution in [2.45, 2.75) is 13.5 Å². The number of fused-ring (bicyclic) bond motifs is 2. The van der Waals surface area contributed by atoms with E-state index in [1.54, 1.807) is 10.5 Å². The first-order valence-electron chi connectivity index (χ1n) is 7.79. The fourth-order valence-electron chi connectivity index (χ4n) is 3.01. The van der Waals surface area contributed by atoms with Gasteiger partial charge in [0.15, 0.2) is 4.96 Å². The lowest BCUT2D eigenvalue weighted by Gasteiger charge is -2.20. The van der Waals surface area contributed by atoms with Crippen LogP contribution in [0.1, 0.15) is 10.6 Å². The van der Waals surface area contributed by atoms with Crippen LogP contribution in [0.4, 0.5) is 5.69 Å². The van der Waals surface area contributed by atoms with Crippen molar-refractivity contribution in [2.75, 3.05) is 11.9 Å². The number of aryl methyl sites for hydroxylation is 1. The molecule has 0 atom stereocenters. The highest BCUT2D eigenvalue weighted by Crippen LogP contribution is 2.26. The van der Waals surface area contributed by atoms with Crippen molar-refractivity contribution in [2.24, 2.45) is 0 Å². The standard InChI is InChI=1S/C19H17N3OS/c1-13-11-22-18(23)10-15(20-19(22)24-13)12-21(2)17-9-5-7-14-6-3-4-8-16(14)17/h3-11H,12H2,1-2H3. The molecule has 0 bridgehead atoms. The molecule has 0 radical (unpaired) electrons. The van der Waals surface area contributed by atoms with Crippen LogP contribution in [0, 0.1) is 6.92 Å². The topological polar surface area (TPSA) is 37.6 Å². The number of hydrogen-bond acceptors (Lipinski definition) is 4. The highest BCUT2D eigenvalue weighted by atomic mass is 32.1. The van der Waals surface area contributed by atoms with Gasteiger partial charge in [-0.3, -0.25) is 9.20 Å². The predicted molar refractivity (Wildman–Crippen MR) is 100 cm³/mol. The molecule has 0 amide bonds. The largest absolute Gasteiger partial charge is 0.368 e. The summed E-state index contributed by atoms with van der Waals surface area (Å²) in [5.74, 6) is 0. The highest BCUT2D eigenvalue weighted by molar-refractivity contribution is 7.16. The Morgan fingerprint density at radius 2 is 1.96 bits per heavy atom. The van der Waals surface area contributed by atoms with E-state index in [0.29, 0.717) is 6.54 Å². The number of rotatable bonds is 3. The van der Waals surface area contributed by atoms with Crippen molar-refractivity contribution in [1.82, 2.24) is 9.38 Å². The molecule has 24 heavy (non-hydrogen) atoms. The van der Waals surface area contributed by atoms with E-state index in [4.69, 9.17) is 0 Å². The van der Waals surface area contributed by atoms with Crippen molar-refractivity contribution >= 4 is 32.8 Å². The van der Waals surface area contributed by atoms with Crippen molar-refractivity contribution in [3.8, 4) is 0 Å². The number of thiazole rings is 1. The Bertz CT molecular complexity index is 1090. The van der Waals surface area contributed by atoms with Crippen LogP contribution in [0.5, 0.6) is 0 Å². The minimum absolute atomic E-state index is 0.0225. The molecule has 2 heterocycles.